The zero-order valence-corrected chi connectivity index (χ0v) is 11.0. The molecule has 3 heteroatoms. The first-order valence-corrected chi connectivity index (χ1v) is 6.73. The van der Waals surface area contributed by atoms with E-state index < -0.39 is 0 Å². The SMILES string of the molecule is COc1ccccc1CN1CCC2(CCOC2)C1. The molecule has 3 nitrogen and oxygen atoms in total. The van der Waals surface area contributed by atoms with E-state index in [1.807, 2.05) is 12.1 Å². The summed E-state index contributed by atoms with van der Waals surface area (Å²) >= 11 is 0. The fourth-order valence-electron chi connectivity index (χ4n) is 3.21. The van der Waals surface area contributed by atoms with Gasteiger partial charge in [-0.15, -0.1) is 0 Å². The van der Waals surface area contributed by atoms with Crippen LogP contribution in [0.2, 0.25) is 0 Å². The van der Waals surface area contributed by atoms with Crippen molar-refractivity contribution in [2.24, 2.45) is 5.41 Å². The van der Waals surface area contributed by atoms with Crippen LogP contribution < -0.4 is 4.74 Å². The van der Waals surface area contributed by atoms with Crippen molar-refractivity contribution in [3.8, 4) is 5.75 Å². The van der Waals surface area contributed by atoms with Crippen molar-refractivity contribution in [3.05, 3.63) is 29.8 Å². The predicted octanol–water partition coefficient (Wildman–Crippen LogP) is 2.31. The van der Waals surface area contributed by atoms with E-state index in [2.05, 4.69) is 17.0 Å². The highest BCUT2D eigenvalue weighted by atomic mass is 16.5. The second kappa shape index (κ2) is 4.90. The third-order valence-electron chi connectivity index (χ3n) is 4.29. The molecule has 2 aliphatic rings. The van der Waals surface area contributed by atoms with Crippen LogP contribution >= 0.6 is 0 Å². The predicted molar refractivity (Wildman–Crippen MR) is 70.8 cm³/mol. The molecule has 0 radical (unpaired) electrons. The van der Waals surface area contributed by atoms with Gasteiger partial charge in [0.05, 0.1) is 13.7 Å². The number of hydrogen-bond donors (Lipinski definition) is 0. The van der Waals surface area contributed by atoms with Crippen molar-refractivity contribution in [3.63, 3.8) is 0 Å². The Bertz CT molecular complexity index is 413. The molecule has 2 heterocycles. The molecule has 0 bridgehead atoms. The van der Waals surface area contributed by atoms with Crippen molar-refractivity contribution in [2.45, 2.75) is 19.4 Å². The van der Waals surface area contributed by atoms with Gasteiger partial charge in [0.25, 0.3) is 0 Å². The minimum Gasteiger partial charge on any atom is -0.496 e. The summed E-state index contributed by atoms with van der Waals surface area (Å²) in [6, 6.07) is 8.32. The first kappa shape index (κ1) is 12.0. The zero-order chi connectivity index (χ0) is 12.4. The number of hydrogen-bond acceptors (Lipinski definition) is 3. The zero-order valence-electron chi connectivity index (χ0n) is 11.0. The van der Waals surface area contributed by atoms with E-state index in [1.165, 1.54) is 31.5 Å². The highest BCUT2D eigenvalue weighted by Crippen LogP contribution is 2.39. The number of para-hydroxylation sites is 1. The lowest BCUT2D eigenvalue weighted by atomic mass is 9.87. The minimum atomic E-state index is 0.446. The molecule has 2 saturated heterocycles. The summed E-state index contributed by atoms with van der Waals surface area (Å²) in [6.07, 6.45) is 2.51. The number of benzene rings is 1. The fourth-order valence-corrected chi connectivity index (χ4v) is 3.21. The van der Waals surface area contributed by atoms with E-state index in [4.69, 9.17) is 9.47 Å². The standard InChI is InChI=1S/C15H21NO2/c1-17-14-5-3-2-4-13(14)10-16-8-6-15(11-16)7-9-18-12-15/h2-5H,6-12H2,1H3. The van der Waals surface area contributed by atoms with Gasteiger partial charge in [-0.25, -0.2) is 0 Å². The monoisotopic (exact) mass is 247 g/mol. The molecular formula is C15H21NO2. The molecule has 0 aromatic heterocycles. The van der Waals surface area contributed by atoms with E-state index in [0.717, 1.165) is 25.5 Å². The second-order valence-corrected chi connectivity index (χ2v) is 5.58. The first-order valence-electron chi connectivity index (χ1n) is 6.73. The molecule has 2 aliphatic heterocycles. The minimum absolute atomic E-state index is 0.446. The Hall–Kier alpha value is -1.06. The van der Waals surface area contributed by atoms with Gasteiger partial charge in [-0.3, -0.25) is 4.90 Å². The lowest BCUT2D eigenvalue weighted by Crippen LogP contribution is -2.27. The van der Waals surface area contributed by atoms with Crippen LogP contribution in [0.15, 0.2) is 24.3 Å². The normalized spacial score (nSPS) is 28.1. The summed E-state index contributed by atoms with van der Waals surface area (Å²) in [4.78, 5) is 2.53. The Balaban J connectivity index is 1.67. The summed E-state index contributed by atoms with van der Waals surface area (Å²) in [5.41, 5.74) is 1.73. The Morgan fingerprint density at radius 1 is 1.33 bits per heavy atom. The van der Waals surface area contributed by atoms with Crippen molar-refractivity contribution in [1.82, 2.24) is 4.90 Å². The largest absolute Gasteiger partial charge is 0.496 e. The van der Waals surface area contributed by atoms with Gasteiger partial charge in [-0.2, -0.15) is 0 Å². The third-order valence-corrected chi connectivity index (χ3v) is 4.29. The molecule has 1 atom stereocenters. The second-order valence-electron chi connectivity index (χ2n) is 5.58. The summed E-state index contributed by atoms with van der Waals surface area (Å²) in [6.45, 7) is 5.25. The van der Waals surface area contributed by atoms with Crippen LogP contribution in [0.4, 0.5) is 0 Å². The van der Waals surface area contributed by atoms with Crippen molar-refractivity contribution >= 4 is 0 Å². The van der Waals surface area contributed by atoms with Crippen molar-refractivity contribution < 1.29 is 9.47 Å². The maximum atomic E-state index is 5.57. The van der Waals surface area contributed by atoms with Crippen LogP contribution in [0.1, 0.15) is 18.4 Å². The van der Waals surface area contributed by atoms with Crippen LogP contribution in [0.3, 0.4) is 0 Å². The molecule has 1 aromatic carbocycles. The van der Waals surface area contributed by atoms with E-state index in [1.54, 1.807) is 7.11 Å². The van der Waals surface area contributed by atoms with Gasteiger partial charge in [0.2, 0.25) is 0 Å². The Morgan fingerprint density at radius 3 is 3.00 bits per heavy atom. The van der Waals surface area contributed by atoms with Gasteiger partial charge >= 0.3 is 0 Å². The van der Waals surface area contributed by atoms with E-state index in [9.17, 15) is 0 Å². The number of ether oxygens (including phenoxy) is 2. The summed E-state index contributed by atoms with van der Waals surface area (Å²) in [5.74, 6) is 1.00. The molecule has 1 aromatic rings. The average molecular weight is 247 g/mol. The van der Waals surface area contributed by atoms with Crippen LogP contribution in [-0.4, -0.2) is 38.3 Å². The van der Waals surface area contributed by atoms with Gasteiger partial charge in [0.15, 0.2) is 0 Å². The van der Waals surface area contributed by atoms with Gasteiger partial charge in [-0.05, 0) is 25.5 Å². The maximum absolute atomic E-state index is 5.57. The molecule has 18 heavy (non-hydrogen) atoms. The lowest BCUT2D eigenvalue weighted by molar-refractivity contribution is 0.151. The van der Waals surface area contributed by atoms with Crippen LogP contribution in [0.25, 0.3) is 0 Å². The molecule has 0 N–H and O–H groups in total. The summed E-state index contributed by atoms with van der Waals surface area (Å²) < 4.78 is 11.0. The number of nitrogens with zero attached hydrogens (tertiary/aromatic N) is 1. The van der Waals surface area contributed by atoms with Crippen LogP contribution in [0, 0.1) is 5.41 Å². The quantitative estimate of drug-likeness (QED) is 0.818. The molecule has 3 rings (SSSR count). The molecule has 2 fully saturated rings. The third kappa shape index (κ3) is 2.25. The first-order chi connectivity index (χ1) is 8.81. The molecule has 1 unspecified atom stereocenters. The topological polar surface area (TPSA) is 21.7 Å². The van der Waals surface area contributed by atoms with Gasteiger partial charge in [-0.1, -0.05) is 18.2 Å². The van der Waals surface area contributed by atoms with E-state index >= 15 is 0 Å². The molecule has 0 aliphatic carbocycles. The Labute approximate surface area is 109 Å². The van der Waals surface area contributed by atoms with Crippen LogP contribution in [-0.2, 0) is 11.3 Å². The highest BCUT2D eigenvalue weighted by Gasteiger charge is 2.41. The summed E-state index contributed by atoms with van der Waals surface area (Å²) in [5, 5.41) is 0. The average Bonchev–Trinajstić information content (AvgIpc) is 3.01. The van der Waals surface area contributed by atoms with Crippen molar-refractivity contribution in [2.75, 3.05) is 33.4 Å². The number of rotatable bonds is 3. The molecule has 0 amide bonds. The maximum Gasteiger partial charge on any atom is 0.123 e. The molecule has 0 saturated carbocycles. The van der Waals surface area contributed by atoms with Gasteiger partial charge in [0.1, 0.15) is 5.75 Å². The van der Waals surface area contributed by atoms with Gasteiger partial charge < -0.3 is 9.47 Å². The van der Waals surface area contributed by atoms with Crippen molar-refractivity contribution in [1.29, 1.82) is 0 Å². The van der Waals surface area contributed by atoms with E-state index in [0.29, 0.717) is 5.41 Å². The highest BCUT2D eigenvalue weighted by molar-refractivity contribution is 5.33. The molecular weight excluding hydrogens is 226 g/mol. The Morgan fingerprint density at radius 2 is 2.22 bits per heavy atom. The fraction of sp³-hybridized carbons (Fsp3) is 0.600. The van der Waals surface area contributed by atoms with Gasteiger partial charge in [0, 0.05) is 30.7 Å². The summed E-state index contributed by atoms with van der Waals surface area (Å²) in [7, 11) is 1.75. The molecule has 1 spiro atoms. The smallest absolute Gasteiger partial charge is 0.123 e. The number of methoxy groups -OCH3 is 1. The lowest BCUT2D eigenvalue weighted by Gasteiger charge is -2.22. The van der Waals surface area contributed by atoms with Crippen LogP contribution in [0.5, 0.6) is 5.75 Å². The Kier molecular flexibility index (Phi) is 3.27. The van der Waals surface area contributed by atoms with E-state index in [-0.39, 0.29) is 0 Å². The molecule has 98 valence electrons. The number of likely N-dealkylation sites (tertiary alicyclic amines) is 1.